The molecule has 0 spiro atoms. The van der Waals surface area contributed by atoms with Gasteiger partial charge in [0.2, 0.25) is 11.8 Å². The molecule has 2 unspecified atom stereocenters. The third kappa shape index (κ3) is 1.98. The molecule has 0 aromatic heterocycles. The Balaban J connectivity index is 1.85. The van der Waals surface area contributed by atoms with Crippen molar-refractivity contribution in [3.8, 4) is 0 Å². The first kappa shape index (κ1) is 11.3. The lowest BCUT2D eigenvalue weighted by Crippen LogP contribution is -2.36. The van der Waals surface area contributed by atoms with Crippen molar-refractivity contribution in [3.05, 3.63) is 29.8 Å². The Hall–Kier alpha value is -1.84. The lowest BCUT2D eigenvalue weighted by atomic mass is 10.1. The summed E-state index contributed by atoms with van der Waals surface area (Å²) in [4.78, 5) is 25.7. The molecule has 2 atom stereocenters. The summed E-state index contributed by atoms with van der Waals surface area (Å²) in [6.45, 7) is 2.77. The van der Waals surface area contributed by atoms with Crippen molar-refractivity contribution < 1.29 is 9.59 Å². The van der Waals surface area contributed by atoms with Gasteiger partial charge in [-0.15, -0.1) is 0 Å². The van der Waals surface area contributed by atoms with Gasteiger partial charge in [-0.25, -0.2) is 0 Å². The highest BCUT2D eigenvalue weighted by Crippen LogP contribution is 2.39. The summed E-state index contributed by atoms with van der Waals surface area (Å²) in [7, 11) is 0. The molecule has 1 aromatic rings. The Morgan fingerprint density at radius 3 is 2.78 bits per heavy atom. The molecule has 2 aliphatic rings. The normalized spacial score (nSPS) is 26.1. The summed E-state index contributed by atoms with van der Waals surface area (Å²) in [6, 6.07) is 7.65. The molecule has 1 aliphatic heterocycles. The van der Waals surface area contributed by atoms with Crippen LogP contribution in [0.5, 0.6) is 0 Å². The Labute approximate surface area is 106 Å². The molecule has 1 saturated carbocycles. The summed E-state index contributed by atoms with van der Waals surface area (Å²) >= 11 is 0. The Morgan fingerprint density at radius 1 is 1.33 bits per heavy atom. The van der Waals surface area contributed by atoms with Crippen LogP contribution >= 0.6 is 0 Å². The quantitative estimate of drug-likeness (QED) is 0.816. The van der Waals surface area contributed by atoms with Gasteiger partial charge in [-0.3, -0.25) is 9.59 Å². The Bertz CT molecular complexity index is 512. The highest BCUT2D eigenvalue weighted by Gasteiger charge is 2.42. The number of carbonyl (C=O) groups excluding carboxylic acids is 2. The fourth-order valence-electron chi connectivity index (χ4n) is 2.46. The van der Waals surface area contributed by atoms with Gasteiger partial charge in [0.1, 0.15) is 6.54 Å². The predicted octanol–water partition coefficient (Wildman–Crippen LogP) is 1.62. The van der Waals surface area contributed by atoms with Crippen LogP contribution in [0, 0.1) is 11.8 Å². The SMILES string of the molecule is CC1CC1C(=O)N1CC(=O)Nc2ccccc2C1. The second-order valence-electron chi connectivity index (χ2n) is 5.22. The van der Waals surface area contributed by atoms with E-state index in [9.17, 15) is 9.59 Å². The van der Waals surface area contributed by atoms with Crippen molar-refractivity contribution in [2.24, 2.45) is 11.8 Å². The van der Waals surface area contributed by atoms with Crippen LogP contribution in [0.3, 0.4) is 0 Å². The van der Waals surface area contributed by atoms with E-state index in [-0.39, 0.29) is 24.3 Å². The van der Waals surface area contributed by atoms with E-state index >= 15 is 0 Å². The van der Waals surface area contributed by atoms with Crippen molar-refractivity contribution in [2.45, 2.75) is 19.9 Å². The molecule has 2 amide bonds. The number of amides is 2. The molecule has 94 valence electrons. The average molecular weight is 244 g/mol. The molecule has 18 heavy (non-hydrogen) atoms. The molecule has 1 heterocycles. The lowest BCUT2D eigenvalue weighted by molar-refractivity contribution is -0.136. The van der Waals surface area contributed by atoms with Crippen molar-refractivity contribution in [2.75, 3.05) is 11.9 Å². The van der Waals surface area contributed by atoms with Gasteiger partial charge in [-0.2, -0.15) is 0 Å². The van der Waals surface area contributed by atoms with Crippen molar-refractivity contribution in [1.29, 1.82) is 0 Å². The molecule has 1 fully saturated rings. The number of fused-ring (bicyclic) bond motifs is 1. The van der Waals surface area contributed by atoms with Gasteiger partial charge >= 0.3 is 0 Å². The monoisotopic (exact) mass is 244 g/mol. The zero-order valence-electron chi connectivity index (χ0n) is 10.3. The molecule has 1 aliphatic carbocycles. The van der Waals surface area contributed by atoms with Crippen molar-refractivity contribution in [3.63, 3.8) is 0 Å². The maximum Gasteiger partial charge on any atom is 0.244 e. The van der Waals surface area contributed by atoms with Crippen LogP contribution in [0.25, 0.3) is 0 Å². The van der Waals surface area contributed by atoms with E-state index in [0.717, 1.165) is 17.7 Å². The van der Waals surface area contributed by atoms with E-state index in [1.807, 2.05) is 24.3 Å². The topological polar surface area (TPSA) is 49.4 Å². The maximum atomic E-state index is 12.2. The smallest absolute Gasteiger partial charge is 0.244 e. The largest absolute Gasteiger partial charge is 0.329 e. The molecular weight excluding hydrogens is 228 g/mol. The van der Waals surface area contributed by atoms with Gasteiger partial charge in [0.05, 0.1) is 0 Å². The minimum absolute atomic E-state index is 0.110. The van der Waals surface area contributed by atoms with E-state index in [2.05, 4.69) is 12.2 Å². The second kappa shape index (κ2) is 4.12. The van der Waals surface area contributed by atoms with Crippen LogP contribution in [0.2, 0.25) is 0 Å². The van der Waals surface area contributed by atoms with Gasteiger partial charge < -0.3 is 10.2 Å². The number of nitrogens with one attached hydrogen (secondary N) is 1. The molecule has 4 heteroatoms. The third-order valence-corrected chi connectivity index (χ3v) is 3.73. The molecule has 1 aromatic carbocycles. The van der Waals surface area contributed by atoms with Gasteiger partial charge in [0.25, 0.3) is 0 Å². The zero-order valence-corrected chi connectivity index (χ0v) is 10.3. The minimum Gasteiger partial charge on any atom is -0.329 e. The fraction of sp³-hybridized carbons (Fsp3) is 0.429. The number of benzene rings is 1. The van der Waals surface area contributed by atoms with Crippen LogP contribution in [0.1, 0.15) is 18.9 Å². The Kier molecular flexibility index (Phi) is 2.58. The van der Waals surface area contributed by atoms with Crippen molar-refractivity contribution in [1.82, 2.24) is 4.90 Å². The van der Waals surface area contributed by atoms with E-state index in [1.54, 1.807) is 4.90 Å². The molecule has 0 radical (unpaired) electrons. The number of anilines is 1. The first-order valence-corrected chi connectivity index (χ1v) is 6.31. The molecule has 4 nitrogen and oxygen atoms in total. The highest BCUT2D eigenvalue weighted by atomic mass is 16.2. The standard InChI is InChI=1S/C14H16N2O2/c1-9-6-11(9)14(18)16-7-10-4-2-3-5-12(10)15-13(17)8-16/h2-5,9,11H,6-8H2,1H3,(H,15,17). The first-order valence-electron chi connectivity index (χ1n) is 6.31. The van der Waals surface area contributed by atoms with Crippen LogP contribution in [0.4, 0.5) is 5.69 Å². The molecule has 0 bridgehead atoms. The van der Waals surface area contributed by atoms with Gasteiger partial charge in [0.15, 0.2) is 0 Å². The second-order valence-corrected chi connectivity index (χ2v) is 5.22. The van der Waals surface area contributed by atoms with Gasteiger partial charge in [0, 0.05) is 18.2 Å². The zero-order chi connectivity index (χ0) is 12.7. The molecular formula is C14H16N2O2. The number of hydrogen-bond donors (Lipinski definition) is 1. The number of hydrogen-bond acceptors (Lipinski definition) is 2. The highest BCUT2D eigenvalue weighted by molar-refractivity contribution is 5.96. The van der Waals surface area contributed by atoms with Crippen molar-refractivity contribution >= 4 is 17.5 Å². The average Bonchev–Trinajstić information content (AvgIpc) is 3.09. The molecule has 3 rings (SSSR count). The number of carbonyl (C=O) groups is 2. The summed E-state index contributed by atoms with van der Waals surface area (Å²) in [5.74, 6) is 0.609. The van der Waals surface area contributed by atoms with Crippen LogP contribution < -0.4 is 5.32 Å². The van der Waals surface area contributed by atoms with E-state index in [0.29, 0.717) is 12.5 Å². The van der Waals surface area contributed by atoms with Crippen LogP contribution in [-0.2, 0) is 16.1 Å². The van der Waals surface area contributed by atoms with E-state index < -0.39 is 0 Å². The molecule has 1 N–H and O–H groups in total. The predicted molar refractivity (Wildman–Crippen MR) is 67.8 cm³/mol. The lowest BCUT2D eigenvalue weighted by Gasteiger charge is -2.19. The maximum absolute atomic E-state index is 12.2. The fourth-order valence-corrected chi connectivity index (χ4v) is 2.46. The summed E-state index contributed by atoms with van der Waals surface area (Å²) in [6.07, 6.45) is 0.957. The Morgan fingerprint density at radius 2 is 2.06 bits per heavy atom. The summed E-state index contributed by atoms with van der Waals surface area (Å²) in [5, 5.41) is 2.84. The number of rotatable bonds is 1. The number of nitrogens with zero attached hydrogens (tertiary/aromatic N) is 1. The van der Waals surface area contributed by atoms with Gasteiger partial charge in [-0.1, -0.05) is 25.1 Å². The van der Waals surface area contributed by atoms with E-state index in [1.165, 1.54) is 0 Å². The van der Waals surface area contributed by atoms with Crippen LogP contribution in [-0.4, -0.2) is 23.3 Å². The first-order chi connectivity index (χ1) is 8.65. The van der Waals surface area contributed by atoms with Crippen LogP contribution in [0.15, 0.2) is 24.3 Å². The van der Waals surface area contributed by atoms with E-state index in [4.69, 9.17) is 0 Å². The minimum atomic E-state index is -0.110. The third-order valence-electron chi connectivity index (χ3n) is 3.73. The summed E-state index contributed by atoms with van der Waals surface area (Å²) < 4.78 is 0. The summed E-state index contributed by atoms with van der Waals surface area (Å²) in [5.41, 5.74) is 1.83. The number of para-hydroxylation sites is 1. The molecule has 0 saturated heterocycles. The van der Waals surface area contributed by atoms with Gasteiger partial charge in [-0.05, 0) is 24.0 Å².